The number of fused-ring (bicyclic) bond motifs is 12. The van der Waals surface area contributed by atoms with Crippen LogP contribution in [0.5, 0.6) is 11.5 Å². The molecule has 2 aliphatic rings. The van der Waals surface area contributed by atoms with E-state index in [-0.39, 0.29) is 0 Å². The van der Waals surface area contributed by atoms with Gasteiger partial charge in [0.1, 0.15) is 11.5 Å². The Bertz CT molecular complexity index is 3590. The minimum Gasteiger partial charge on any atom is -0.457 e. The van der Waals surface area contributed by atoms with Crippen LogP contribution in [0.4, 0.5) is 0 Å². The Kier molecular flexibility index (Phi) is 8.09. The number of hydrogen-bond donors (Lipinski definition) is 0. The van der Waals surface area contributed by atoms with E-state index in [9.17, 15) is 0 Å². The van der Waals surface area contributed by atoms with Crippen molar-refractivity contribution in [1.29, 1.82) is 0 Å². The zero-order valence-corrected chi connectivity index (χ0v) is 34.6. The number of ether oxygens (including phenoxy) is 1. The van der Waals surface area contributed by atoms with Gasteiger partial charge in [0.05, 0.1) is 28.0 Å². The second-order valence-electron chi connectivity index (χ2n) is 16.7. The van der Waals surface area contributed by atoms with E-state index in [1.165, 1.54) is 22.3 Å². The fourth-order valence-electron chi connectivity index (χ4n) is 10.3. The molecule has 64 heavy (non-hydrogen) atoms. The van der Waals surface area contributed by atoms with Crippen LogP contribution in [-0.2, 0) is 5.41 Å². The fourth-order valence-corrected chi connectivity index (χ4v) is 10.3. The highest BCUT2D eigenvalue weighted by molar-refractivity contribution is 6.13. The molecule has 0 radical (unpaired) electrons. The summed E-state index contributed by atoms with van der Waals surface area (Å²) < 4.78 is 7.00. The minimum absolute atomic E-state index is 0.605. The lowest BCUT2D eigenvalue weighted by Gasteiger charge is -2.39. The maximum Gasteiger partial charge on any atom is 0.160 e. The molecule has 298 valence electrons. The van der Waals surface area contributed by atoms with Gasteiger partial charge < -0.3 is 4.74 Å². The van der Waals surface area contributed by atoms with Gasteiger partial charge in [-0.25, -0.2) is 15.0 Å². The molecule has 13 rings (SSSR count). The van der Waals surface area contributed by atoms with Crippen LogP contribution in [0, 0.1) is 0 Å². The van der Waals surface area contributed by atoms with Crippen LogP contribution in [0.3, 0.4) is 0 Å². The molecule has 0 fully saturated rings. The Morgan fingerprint density at radius 3 is 1.58 bits per heavy atom. The Morgan fingerprint density at radius 1 is 0.312 bits per heavy atom. The highest BCUT2D eigenvalue weighted by Gasteiger charge is 2.51. The number of para-hydroxylation sites is 1. The monoisotopic (exact) mass is 815 g/mol. The van der Waals surface area contributed by atoms with E-state index in [4.69, 9.17) is 19.7 Å². The predicted molar refractivity (Wildman–Crippen MR) is 259 cm³/mol. The molecule has 3 heterocycles. The molecule has 0 bridgehead atoms. The summed E-state index contributed by atoms with van der Waals surface area (Å²) in [6.45, 7) is 0. The van der Waals surface area contributed by atoms with Crippen molar-refractivity contribution in [2.45, 2.75) is 5.41 Å². The number of pyridine rings is 1. The van der Waals surface area contributed by atoms with E-state index < -0.39 is 5.41 Å². The minimum atomic E-state index is -0.605. The van der Waals surface area contributed by atoms with Gasteiger partial charge in [-0.2, -0.15) is 0 Å². The van der Waals surface area contributed by atoms with Gasteiger partial charge >= 0.3 is 0 Å². The Balaban J connectivity index is 1.08. The summed E-state index contributed by atoms with van der Waals surface area (Å²) in [6, 6.07) is 79.5. The number of aromatic nitrogens is 3. The van der Waals surface area contributed by atoms with Crippen LogP contribution in [0.1, 0.15) is 22.3 Å². The summed E-state index contributed by atoms with van der Waals surface area (Å²) in [5.41, 5.74) is 16.5. The Hall–Kier alpha value is -8.47. The van der Waals surface area contributed by atoms with Gasteiger partial charge in [-0.05, 0) is 81.2 Å². The van der Waals surface area contributed by atoms with Crippen molar-refractivity contribution in [3.8, 4) is 78.9 Å². The van der Waals surface area contributed by atoms with Crippen molar-refractivity contribution in [1.82, 2.24) is 15.0 Å². The van der Waals surface area contributed by atoms with Crippen molar-refractivity contribution in [3.05, 3.63) is 247 Å². The summed E-state index contributed by atoms with van der Waals surface area (Å²) in [7, 11) is 0. The van der Waals surface area contributed by atoms with Crippen LogP contribution in [-0.4, -0.2) is 15.0 Å². The smallest absolute Gasteiger partial charge is 0.160 e. The SMILES string of the molecule is c1ccc(-c2cccc(-c3cc(-c4ccc5nc(-c6ccccc6)c6cc7c(cc6c5c4)C4(c5ccccc5O7)c5ccccc5-c5ccccc54)nc(-c4ccccc4)n3)c2)cc1. The third kappa shape index (κ3) is 5.52. The molecule has 2 aromatic heterocycles. The lowest BCUT2D eigenvalue weighted by Crippen LogP contribution is -2.32. The number of nitrogens with zero attached hydrogens (tertiary/aromatic N) is 3. The zero-order valence-electron chi connectivity index (χ0n) is 34.6. The summed E-state index contributed by atoms with van der Waals surface area (Å²) >= 11 is 0. The third-order valence-electron chi connectivity index (χ3n) is 13.1. The van der Waals surface area contributed by atoms with Crippen LogP contribution in [0.25, 0.3) is 89.1 Å². The maximum absolute atomic E-state index is 7.00. The molecule has 0 amide bonds. The molecule has 0 N–H and O–H groups in total. The number of benzene rings is 9. The highest BCUT2D eigenvalue weighted by atomic mass is 16.5. The fraction of sp³-hybridized carbons (Fsp3) is 0.0167. The standard InChI is InChI=1S/C60H37N3O/c1-4-17-38(18-5-1)41-23-16-24-42(33-41)54-37-55(63-59(62-54)40-21-8-3-9-22-40)43-31-32-53-47(34-43)46-35-52-57(36-48(46)58(61-53)39-19-6-2-7-20-39)64-56-30-15-14-29-51(56)60(52)49-27-12-10-25-44(49)45-26-11-13-28-50(45)60/h1-37H. The molecule has 4 nitrogen and oxygen atoms in total. The van der Waals surface area contributed by atoms with Crippen molar-refractivity contribution in [2.24, 2.45) is 0 Å². The first-order valence-electron chi connectivity index (χ1n) is 21.8. The van der Waals surface area contributed by atoms with Crippen molar-refractivity contribution >= 4 is 21.7 Å². The lowest BCUT2D eigenvalue weighted by molar-refractivity contribution is 0.437. The molecule has 1 aliphatic heterocycles. The van der Waals surface area contributed by atoms with Crippen LogP contribution < -0.4 is 4.74 Å². The number of rotatable bonds is 5. The van der Waals surface area contributed by atoms with Crippen LogP contribution in [0.2, 0.25) is 0 Å². The van der Waals surface area contributed by atoms with Crippen molar-refractivity contribution in [3.63, 3.8) is 0 Å². The van der Waals surface area contributed by atoms with Gasteiger partial charge in [0.15, 0.2) is 5.82 Å². The molecule has 0 saturated heterocycles. The van der Waals surface area contributed by atoms with E-state index in [1.807, 2.05) is 24.3 Å². The molecule has 0 atom stereocenters. The van der Waals surface area contributed by atoms with E-state index >= 15 is 0 Å². The van der Waals surface area contributed by atoms with E-state index in [1.54, 1.807) is 0 Å². The molecular weight excluding hydrogens is 779 g/mol. The summed E-state index contributed by atoms with van der Waals surface area (Å²) in [6.07, 6.45) is 0. The van der Waals surface area contributed by atoms with E-state index in [0.29, 0.717) is 5.82 Å². The van der Waals surface area contributed by atoms with Crippen LogP contribution >= 0.6 is 0 Å². The van der Waals surface area contributed by atoms with Crippen molar-refractivity contribution < 1.29 is 4.74 Å². The first-order valence-corrected chi connectivity index (χ1v) is 21.8. The molecule has 1 spiro atoms. The largest absolute Gasteiger partial charge is 0.457 e. The van der Waals surface area contributed by atoms with Gasteiger partial charge in [0, 0.05) is 44.2 Å². The summed E-state index contributed by atoms with van der Waals surface area (Å²) in [5.74, 6) is 2.37. The van der Waals surface area contributed by atoms with Crippen LogP contribution in [0.15, 0.2) is 224 Å². The van der Waals surface area contributed by atoms with Gasteiger partial charge in [0.2, 0.25) is 0 Å². The van der Waals surface area contributed by atoms with E-state index in [0.717, 1.165) is 94.8 Å². The summed E-state index contributed by atoms with van der Waals surface area (Å²) in [5, 5.41) is 3.16. The quantitative estimate of drug-likeness (QED) is 0.162. The lowest BCUT2D eigenvalue weighted by atomic mass is 9.65. The molecular formula is C60H37N3O. The molecule has 9 aromatic carbocycles. The predicted octanol–water partition coefficient (Wildman–Crippen LogP) is 15.0. The molecule has 0 saturated carbocycles. The second-order valence-corrected chi connectivity index (χ2v) is 16.7. The first kappa shape index (κ1) is 36.2. The molecule has 4 heteroatoms. The second kappa shape index (κ2) is 14.3. The van der Waals surface area contributed by atoms with Gasteiger partial charge in [0.25, 0.3) is 0 Å². The maximum atomic E-state index is 7.00. The average Bonchev–Trinajstić information content (AvgIpc) is 3.66. The molecule has 0 unspecified atom stereocenters. The number of hydrogen-bond acceptors (Lipinski definition) is 4. The van der Waals surface area contributed by atoms with E-state index in [2.05, 4.69) is 200 Å². The average molecular weight is 816 g/mol. The van der Waals surface area contributed by atoms with Crippen molar-refractivity contribution in [2.75, 3.05) is 0 Å². The normalized spacial score (nSPS) is 12.9. The third-order valence-corrected chi connectivity index (χ3v) is 13.1. The van der Waals surface area contributed by atoms with Gasteiger partial charge in [-0.15, -0.1) is 0 Å². The summed E-state index contributed by atoms with van der Waals surface area (Å²) in [4.78, 5) is 15.9. The Labute approximate surface area is 370 Å². The van der Waals surface area contributed by atoms with Gasteiger partial charge in [-0.3, -0.25) is 0 Å². The Morgan fingerprint density at radius 2 is 0.875 bits per heavy atom. The molecule has 1 aliphatic carbocycles. The van der Waals surface area contributed by atoms with Gasteiger partial charge in [-0.1, -0.05) is 182 Å². The molecule has 11 aromatic rings. The topological polar surface area (TPSA) is 47.9 Å². The first-order chi connectivity index (χ1) is 31.7. The zero-order chi connectivity index (χ0) is 42.2. The highest BCUT2D eigenvalue weighted by Crippen LogP contribution is 2.62.